The summed E-state index contributed by atoms with van der Waals surface area (Å²) in [6.07, 6.45) is 5.49. The predicted octanol–water partition coefficient (Wildman–Crippen LogP) is 1.80. The molecule has 8 rings (SSSR count). The Morgan fingerprint density at radius 3 is 2.45 bits per heavy atom. The van der Waals surface area contributed by atoms with E-state index < -0.39 is 35.5 Å². The summed E-state index contributed by atoms with van der Waals surface area (Å²) in [6, 6.07) is 5.61. The van der Waals surface area contributed by atoms with Crippen molar-refractivity contribution < 1.29 is 28.3 Å². The molecular weight excluding hydrogens is 704 g/mol. The van der Waals surface area contributed by atoms with Gasteiger partial charge in [0.05, 0.1) is 30.0 Å². The zero-order valence-electron chi connectivity index (χ0n) is 29.3. The van der Waals surface area contributed by atoms with Crippen LogP contribution in [0, 0.1) is 11.2 Å². The normalized spacial score (nSPS) is 24.7. The second-order valence-electron chi connectivity index (χ2n) is 14.5. The molecule has 1 spiro atoms. The number of nitrogen functional groups attached to an aromatic ring is 1. The number of imide groups is 2. The first kappa shape index (κ1) is 35.3. The topological polar surface area (TPSA) is 193 Å². The molecule has 15 nitrogen and oxygen atoms in total. The SMILES string of the molecule is C[C@@H]1OCC2(CCN(c3cnc(Sc4ccnc(N5CCN(Cc6cc(F)c7c(c6)C(=O)N(C6CCC(=O)NC6=O)C7=O)CC5)c4)c(N)n3)CC2)[C@@H]1N. The van der Waals surface area contributed by atoms with Crippen LogP contribution in [0.25, 0.3) is 0 Å². The number of carbonyl (C=O) groups is 4. The molecule has 7 heterocycles. The van der Waals surface area contributed by atoms with E-state index in [0.29, 0.717) is 55.7 Å². The number of nitrogens with one attached hydrogen (secondary N) is 1. The van der Waals surface area contributed by atoms with Crippen molar-refractivity contribution in [1.29, 1.82) is 0 Å². The average Bonchev–Trinajstić information content (AvgIpc) is 3.56. The summed E-state index contributed by atoms with van der Waals surface area (Å²) in [6.45, 7) is 7.40. The molecule has 1 aromatic carbocycles. The van der Waals surface area contributed by atoms with Crippen LogP contribution in [0.4, 0.5) is 21.8 Å². The number of amides is 4. The summed E-state index contributed by atoms with van der Waals surface area (Å²) in [5.74, 6) is -1.66. The van der Waals surface area contributed by atoms with E-state index in [1.165, 1.54) is 23.9 Å². The maximum absolute atomic E-state index is 15.3. The summed E-state index contributed by atoms with van der Waals surface area (Å²) in [7, 11) is 0. The van der Waals surface area contributed by atoms with Gasteiger partial charge in [0.15, 0.2) is 5.82 Å². The van der Waals surface area contributed by atoms with Gasteiger partial charge in [0.25, 0.3) is 11.8 Å². The third kappa shape index (κ3) is 6.59. The fraction of sp³-hybridized carbons (Fsp3) is 0.472. The van der Waals surface area contributed by atoms with Crippen molar-refractivity contribution in [2.45, 2.75) is 67.3 Å². The lowest BCUT2D eigenvalue weighted by Gasteiger charge is -2.41. The molecule has 3 aromatic rings. The fourth-order valence-corrected chi connectivity index (χ4v) is 8.87. The highest BCUT2D eigenvalue weighted by Gasteiger charge is 2.48. The second-order valence-corrected chi connectivity index (χ2v) is 15.5. The maximum atomic E-state index is 15.3. The van der Waals surface area contributed by atoms with Gasteiger partial charge in [0, 0.05) is 74.8 Å². The summed E-state index contributed by atoms with van der Waals surface area (Å²) in [5, 5.41) is 2.77. The minimum absolute atomic E-state index is 0.00694. The van der Waals surface area contributed by atoms with Gasteiger partial charge in [-0.3, -0.25) is 34.3 Å². The van der Waals surface area contributed by atoms with Crippen LogP contribution in [0.15, 0.2) is 46.6 Å². The van der Waals surface area contributed by atoms with Crippen LogP contribution in [0.2, 0.25) is 0 Å². The molecule has 4 saturated heterocycles. The Labute approximate surface area is 309 Å². The minimum atomic E-state index is -1.15. The molecule has 1 unspecified atom stereocenters. The lowest BCUT2D eigenvalue weighted by molar-refractivity contribution is -0.136. The summed E-state index contributed by atoms with van der Waals surface area (Å²) in [4.78, 5) is 72.5. The molecule has 53 heavy (non-hydrogen) atoms. The van der Waals surface area contributed by atoms with Crippen molar-refractivity contribution in [2.24, 2.45) is 11.1 Å². The van der Waals surface area contributed by atoms with E-state index in [-0.39, 0.29) is 41.5 Å². The van der Waals surface area contributed by atoms with Gasteiger partial charge in [-0.25, -0.2) is 19.3 Å². The van der Waals surface area contributed by atoms with Crippen molar-refractivity contribution in [3.63, 3.8) is 0 Å². The minimum Gasteiger partial charge on any atom is -0.381 e. The molecule has 0 saturated carbocycles. The van der Waals surface area contributed by atoms with Crippen LogP contribution in [-0.2, 0) is 20.9 Å². The van der Waals surface area contributed by atoms with E-state index in [2.05, 4.69) is 30.0 Å². The van der Waals surface area contributed by atoms with Gasteiger partial charge < -0.3 is 26.0 Å². The van der Waals surface area contributed by atoms with Gasteiger partial charge in [-0.05, 0) is 56.0 Å². The summed E-state index contributed by atoms with van der Waals surface area (Å²) < 4.78 is 21.2. The molecular formula is C36H41FN10O5S. The molecule has 0 aliphatic carbocycles. The molecule has 5 aliphatic rings. The number of pyridine rings is 1. The monoisotopic (exact) mass is 744 g/mol. The van der Waals surface area contributed by atoms with Gasteiger partial charge in [0.1, 0.15) is 28.5 Å². The van der Waals surface area contributed by atoms with Crippen molar-refractivity contribution in [3.05, 3.63) is 59.2 Å². The van der Waals surface area contributed by atoms with Gasteiger partial charge in [-0.15, -0.1) is 0 Å². The Bertz CT molecular complexity index is 1990. The number of hydrogen-bond donors (Lipinski definition) is 3. The van der Waals surface area contributed by atoms with Crippen LogP contribution in [0.1, 0.15) is 58.9 Å². The van der Waals surface area contributed by atoms with E-state index in [1.807, 2.05) is 19.1 Å². The quantitative estimate of drug-likeness (QED) is 0.297. The number of benzene rings is 1. The third-order valence-electron chi connectivity index (χ3n) is 11.3. The van der Waals surface area contributed by atoms with Crippen molar-refractivity contribution >= 4 is 52.8 Å². The number of fused-ring (bicyclic) bond motifs is 1. The number of rotatable bonds is 7. The first-order valence-corrected chi connectivity index (χ1v) is 18.7. The largest absolute Gasteiger partial charge is 0.381 e. The number of hydrogen-bond acceptors (Lipinski definition) is 14. The third-order valence-corrected chi connectivity index (χ3v) is 12.3. The van der Waals surface area contributed by atoms with Gasteiger partial charge in [-0.1, -0.05) is 11.8 Å². The van der Waals surface area contributed by atoms with E-state index in [4.69, 9.17) is 21.2 Å². The number of aromatic nitrogens is 3. The van der Waals surface area contributed by atoms with Gasteiger partial charge in [-0.2, -0.15) is 0 Å². The Morgan fingerprint density at radius 1 is 1.00 bits per heavy atom. The number of ether oxygens (including phenoxy) is 1. The van der Waals surface area contributed by atoms with E-state index >= 15 is 4.39 Å². The van der Waals surface area contributed by atoms with Crippen molar-refractivity contribution in [2.75, 3.05) is 61.4 Å². The van der Waals surface area contributed by atoms with Gasteiger partial charge in [0.2, 0.25) is 11.8 Å². The van der Waals surface area contributed by atoms with Crippen LogP contribution in [0.3, 0.4) is 0 Å². The fourth-order valence-electron chi connectivity index (χ4n) is 8.10. The predicted molar refractivity (Wildman–Crippen MR) is 193 cm³/mol. The van der Waals surface area contributed by atoms with Gasteiger partial charge >= 0.3 is 0 Å². The number of anilines is 3. The Balaban J connectivity index is 0.866. The molecule has 4 fully saturated rings. The Kier molecular flexibility index (Phi) is 9.28. The second kappa shape index (κ2) is 13.9. The molecule has 0 radical (unpaired) electrons. The van der Waals surface area contributed by atoms with Crippen LogP contribution in [-0.4, -0.2) is 112 Å². The van der Waals surface area contributed by atoms with E-state index in [0.717, 1.165) is 47.4 Å². The number of piperazine rings is 1. The lowest BCUT2D eigenvalue weighted by atomic mass is 9.73. The molecule has 2 aromatic heterocycles. The highest BCUT2D eigenvalue weighted by molar-refractivity contribution is 7.99. The van der Waals surface area contributed by atoms with E-state index in [9.17, 15) is 19.2 Å². The first-order chi connectivity index (χ1) is 25.5. The van der Waals surface area contributed by atoms with Crippen LogP contribution in [0.5, 0.6) is 0 Å². The number of carbonyl (C=O) groups excluding carboxylic acids is 4. The molecule has 0 bridgehead atoms. The molecule has 3 atom stereocenters. The Hall–Kier alpha value is -4.71. The molecule has 4 amide bonds. The number of halogens is 1. The van der Waals surface area contributed by atoms with Crippen molar-refractivity contribution in [1.82, 2.24) is 30.1 Å². The first-order valence-electron chi connectivity index (χ1n) is 17.9. The summed E-state index contributed by atoms with van der Waals surface area (Å²) >= 11 is 1.43. The van der Waals surface area contributed by atoms with Crippen LogP contribution >= 0.6 is 11.8 Å². The Morgan fingerprint density at radius 2 is 1.75 bits per heavy atom. The smallest absolute Gasteiger partial charge is 0.265 e. The maximum Gasteiger partial charge on any atom is 0.265 e. The van der Waals surface area contributed by atoms with Crippen molar-refractivity contribution in [3.8, 4) is 0 Å². The molecule has 17 heteroatoms. The number of nitrogens with two attached hydrogens (primary N) is 2. The average molecular weight is 745 g/mol. The highest BCUT2D eigenvalue weighted by Crippen LogP contribution is 2.42. The number of piperidine rings is 2. The summed E-state index contributed by atoms with van der Waals surface area (Å²) in [5.41, 5.74) is 13.1. The van der Waals surface area contributed by atoms with Crippen LogP contribution < -0.4 is 26.6 Å². The standard InChI is InChI=1S/C36H41FN10O5S/c1-20-30(38)36(19-52-20)5-8-45(9-6-36)27-17-41-33(31(39)42-27)53-22-4-7-40-26(16-22)46-12-10-44(11-13-46)18-21-14-23-29(24(37)15-21)35(51)47(34(23)50)25-2-3-28(48)43-32(25)49/h4,7,14-17,20,25,30H,2-3,5-6,8-13,18-19,38H2,1H3,(H2,39,42)(H,43,48,49)/t20-,25?,30+/m0/s1. The lowest BCUT2D eigenvalue weighted by Crippen LogP contribution is -2.54. The zero-order valence-corrected chi connectivity index (χ0v) is 30.1. The molecule has 278 valence electrons. The molecule has 5 N–H and O–H groups in total. The van der Waals surface area contributed by atoms with E-state index in [1.54, 1.807) is 12.4 Å². The number of nitrogens with zero attached hydrogens (tertiary/aromatic N) is 7. The zero-order chi connectivity index (χ0) is 37.0. The molecule has 5 aliphatic heterocycles. The highest BCUT2D eigenvalue weighted by atomic mass is 32.2.